The van der Waals surface area contributed by atoms with Crippen molar-refractivity contribution in [3.05, 3.63) is 59.7 Å². The van der Waals surface area contributed by atoms with E-state index < -0.39 is 7.28 Å². The van der Waals surface area contributed by atoms with E-state index in [9.17, 15) is 0 Å². The molecule has 0 aromatic heterocycles. The Kier molecular flexibility index (Phi) is 5.24. The Morgan fingerprint density at radius 3 is 1.17 bits per heavy atom. The maximum absolute atomic E-state index is 6.77. The SMILES string of the molecule is CC(C)OP1(OC(C)C)(OC(C)C)Cc2c(c3ccccc3c3ccccc23)C1. The fourth-order valence-electron chi connectivity index (χ4n) is 5.02. The van der Waals surface area contributed by atoms with Gasteiger partial charge in [0, 0.05) is 0 Å². The van der Waals surface area contributed by atoms with Crippen molar-refractivity contribution in [2.24, 2.45) is 0 Å². The molecule has 0 fully saturated rings. The van der Waals surface area contributed by atoms with Crippen LogP contribution in [0.15, 0.2) is 48.5 Å². The molecule has 0 saturated heterocycles. The Bertz CT molecular complexity index is 957. The molecule has 0 bridgehead atoms. The van der Waals surface area contributed by atoms with Crippen LogP contribution >= 0.6 is 7.28 Å². The van der Waals surface area contributed by atoms with Crippen molar-refractivity contribution >= 4 is 28.8 Å². The van der Waals surface area contributed by atoms with Crippen molar-refractivity contribution in [1.29, 1.82) is 0 Å². The first-order valence-corrected chi connectivity index (χ1v) is 13.1. The second kappa shape index (κ2) is 7.32. The molecule has 4 heteroatoms. The molecule has 0 atom stereocenters. The molecule has 0 radical (unpaired) electrons. The van der Waals surface area contributed by atoms with Crippen LogP contribution in [0.25, 0.3) is 21.5 Å². The minimum atomic E-state index is -3.41. The van der Waals surface area contributed by atoms with Crippen LogP contribution in [-0.4, -0.2) is 18.3 Å². The number of hydrogen-bond donors (Lipinski definition) is 0. The Balaban J connectivity index is 2.03. The molecule has 3 aromatic carbocycles. The van der Waals surface area contributed by atoms with Gasteiger partial charge in [0.25, 0.3) is 0 Å². The zero-order valence-corrected chi connectivity index (χ0v) is 19.3. The van der Waals surface area contributed by atoms with Crippen molar-refractivity contribution in [2.45, 2.75) is 72.2 Å². The van der Waals surface area contributed by atoms with E-state index in [1.54, 1.807) is 0 Å². The molecule has 0 unspecified atom stereocenters. The van der Waals surface area contributed by atoms with Gasteiger partial charge in [0.2, 0.25) is 0 Å². The molecule has 0 N–H and O–H groups in total. The second-order valence-electron chi connectivity index (χ2n) is 9.05. The Morgan fingerprint density at radius 2 is 0.862 bits per heavy atom. The van der Waals surface area contributed by atoms with Crippen molar-refractivity contribution in [2.75, 3.05) is 0 Å². The van der Waals surface area contributed by atoms with Crippen LogP contribution in [0.3, 0.4) is 0 Å². The van der Waals surface area contributed by atoms with Crippen molar-refractivity contribution in [1.82, 2.24) is 0 Å². The monoisotopic (exact) mass is 412 g/mol. The summed E-state index contributed by atoms with van der Waals surface area (Å²) in [6.07, 6.45) is 1.49. The summed E-state index contributed by atoms with van der Waals surface area (Å²) in [6, 6.07) is 17.4. The molecular formula is C25H33O3P. The first kappa shape index (κ1) is 20.8. The fourth-order valence-corrected chi connectivity index (χ4v) is 10.5. The van der Waals surface area contributed by atoms with Crippen molar-refractivity contribution in [3.8, 4) is 0 Å². The molecule has 0 saturated carbocycles. The van der Waals surface area contributed by atoms with Gasteiger partial charge in [0.05, 0.1) is 0 Å². The Labute approximate surface area is 174 Å². The van der Waals surface area contributed by atoms with Gasteiger partial charge in [-0.3, -0.25) is 0 Å². The van der Waals surface area contributed by atoms with E-state index in [2.05, 4.69) is 90.1 Å². The third kappa shape index (κ3) is 3.59. The van der Waals surface area contributed by atoms with Gasteiger partial charge in [0.15, 0.2) is 0 Å². The molecule has 3 nitrogen and oxygen atoms in total. The summed E-state index contributed by atoms with van der Waals surface area (Å²) < 4.78 is 20.3. The molecule has 1 aliphatic heterocycles. The van der Waals surface area contributed by atoms with Crippen LogP contribution in [-0.2, 0) is 25.9 Å². The molecule has 0 aliphatic carbocycles. The molecule has 29 heavy (non-hydrogen) atoms. The molecule has 0 spiro atoms. The Hall–Kier alpha value is -1.51. The van der Waals surface area contributed by atoms with E-state index in [0.29, 0.717) is 12.3 Å². The van der Waals surface area contributed by atoms with Crippen LogP contribution < -0.4 is 0 Å². The minimum absolute atomic E-state index is 0.0250. The van der Waals surface area contributed by atoms with Crippen LogP contribution in [0.4, 0.5) is 0 Å². The number of hydrogen-bond acceptors (Lipinski definition) is 3. The van der Waals surface area contributed by atoms with E-state index in [-0.39, 0.29) is 18.3 Å². The van der Waals surface area contributed by atoms with E-state index in [1.807, 2.05) is 0 Å². The van der Waals surface area contributed by atoms with Gasteiger partial charge in [-0.2, -0.15) is 0 Å². The quantitative estimate of drug-likeness (QED) is 0.308. The number of rotatable bonds is 6. The van der Waals surface area contributed by atoms with Gasteiger partial charge in [0.1, 0.15) is 0 Å². The second-order valence-corrected chi connectivity index (χ2v) is 12.8. The topological polar surface area (TPSA) is 27.7 Å². The van der Waals surface area contributed by atoms with E-state index in [1.165, 1.54) is 32.7 Å². The average Bonchev–Trinajstić information content (AvgIpc) is 2.95. The van der Waals surface area contributed by atoms with Gasteiger partial charge in [-0.1, -0.05) is 0 Å². The molecule has 0 amide bonds. The summed E-state index contributed by atoms with van der Waals surface area (Å²) in [5.74, 6) is 0. The van der Waals surface area contributed by atoms with Crippen molar-refractivity contribution < 1.29 is 13.6 Å². The Morgan fingerprint density at radius 1 is 0.552 bits per heavy atom. The molecule has 1 heterocycles. The molecular weight excluding hydrogens is 379 g/mol. The zero-order valence-electron chi connectivity index (χ0n) is 18.4. The fraction of sp³-hybridized carbons (Fsp3) is 0.440. The summed E-state index contributed by atoms with van der Waals surface area (Å²) in [5.41, 5.74) is 2.66. The summed E-state index contributed by atoms with van der Waals surface area (Å²) in [4.78, 5) is 0. The average molecular weight is 413 g/mol. The number of benzene rings is 3. The molecule has 1 aliphatic rings. The standard InChI is InChI=1S/C25H33O3P/c1-17(2)26-29(27-18(3)4,28-19(5)6)15-24-22-13-9-7-11-20(22)21-12-8-10-14-23(21)25(24)16-29/h7-14,17-19H,15-16H2,1-6H3. The third-order valence-corrected chi connectivity index (χ3v) is 9.95. The van der Waals surface area contributed by atoms with E-state index in [4.69, 9.17) is 13.6 Å². The van der Waals surface area contributed by atoms with Crippen LogP contribution in [0.2, 0.25) is 0 Å². The van der Waals surface area contributed by atoms with Gasteiger partial charge < -0.3 is 0 Å². The maximum atomic E-state index is 6.77. The summed E-state index contributed by atoms with van der Waals surface area (Å²) in [7, 11) is -3.41. The van der Waals surface area contributed by atoms with Crippen molar-refractivity contribution in [3.63, 3.8) is 0 Å². The first-order valence-electron chi connectivity index (χ1n) is 10.7. The zero-order chi connectivity index (χ0) is 20.8. The van der Waals surface area contributed by atoms with Gasteiger partial charge in [-0.25, -0.2) is 0 Å². The van der Waals surface area contributed by atoms with Gasteiger partial charge >= 0.3 is 174 Å². The van der Waals surface area contributed by atoms with Crippen LogP contribution in [0, 0.1) is 0 Å². The molecule has 4 rings (SSSR count). The van der Waals surface area contributed by atoms with Crippen LogP contribution in [0.1, 0.15) is 52.7 Å². The third-order valence-electron chi connectivity index (χ3n) is 5.42. The first-order chi connectivity index (χ1) is 13.7. The van der Waals surface area contributed by atoms with Gasteiger partial charge in [-0.15, -0.1) is 0 Å². The summed E-state index contributed by atoms with van der Waals surface area (Å²) in [5, 5.41) is 5.16. The number of fused-ring (bicyclic) bond motifs is 6. The van der Waals surface area contributed by atoms with Gasteiger partial charge in [-0.05, 0) is 0 Å². The summed E-state index contributed by atoms with van der Waals surface area (Å²) in [6.45, 7) is 12.5. The molecule has 156 valence electrons. The predicted molar refractivity (Wildman–Crippen MR) is 124 cm³/mol. The van der Waals surface area contributed by atoms with E-state index >= 15 is 0 Å². The normalized spacial score (nSPS) is 19.1. The molecule has 3 aromatic rings. The predicted octanol–water partition coefficient (Wildman–Crippen LogP) is 7.58. The summed E-state index contributed by atoms with van der Waals surface area (Å²) >= 11 is 0. The van der Waals surface area contributed by atoms with Crippen LogP contribution in [0.5, 0.6) is 0 Å². The van der Waals surface area contributed by atoms with E-state index in [0.717, 1.165) is 0 Å².